The molecule has 1 N–H and O–H groups in total. The lowest BCUT2D eigenvalue weighted by atomic mass is 10.1. The fourth-order valence-electron chi connectivity index (χ4n) is 3.95. The Morgan fingerprint density at radius 2 is 2.04 bits per heavy atom. The number of aromatic nitrogens is 5. The Bertz CT molecular complexity index is 982. The predicted octanol–water partition coefficient (Wildman–Crippen LogP) is 2.38. The summed E-state index contributed by atoms with van der Waals surface area (Å²) in [6.07, 6.45) is 8.64. The van der Waals surface area contributed by atoms with E-state index in [-0.39, 0.29) is 5.91 Å². The van der Waals surface area contributed by atoms with Crippen LogP contribution in [0, 0.1) is 13.8 Å². The number of hydrogen-bond acceptors (Lipinski definition) is 5. The van der Waals surface area contributed by atoms with Crippen molar-refractivity contribution in [3.63, 3.8) is 0 Å². The molecule has 0 spiro atoms. The van der Waals surface area contributed by atoms with E-state index in [1.807, 2.05) is 35.3 Å². The van der Waals surface area contributed by atoms with Crippen LogP contribution < -0.4 is 5.32 Å². The summed E-state index contributed by atoms with van der Waals surface area (Å²) in [5, 5.41) is 11.7. The van der Waals surface area contributed by atoms with Gasteiger partial charge in [-0.1, -0.05) is 0 Å². The van der Waals surface area contributed by atoms with Crippen molar-refractivity contribution in [3.8, 4) is 0 Å². The van der Waals surface area contributed by atoms with Gasteiger partial charge in [-0.2, -0.15) is 10.2 Å². The average Bonchev–Trinajstić information content (AvgIpc) is 3.31. The number of piperidine rings is 1. The predicted molar refractivity (Wildman–Crippen MR) is 107 cm³/mol. The summed E-state index contributed by atoms with van der Waals surface area (Å²) in [7, 11) is 2.15. The number of nitrogens with one attached hydrogen (secondary N) is 1. The minimum atomic E-state index is -0.0118. The molecule has 0 radical (unpaired) electrons. The average molecular weight is 381 g/mol. The lowest BCUT2D eigenvalue weighted by molar-refractivity contribution is -0.116. The zero-order valence-electron chi connectivity index (χ0n) is 16.7. The fourth-order valence-corrected chi connectivity index (χ4v) is 3.95. The highest BCUT2D eigenvalue weighted by Gasteiger charge is 2.19. The molecule has 1 amide bonds. The summed E-state index contributed by atoms with van der Waals surface area (Å²) in [6.45, 7) is 6.17. The Morgan fingerprint density at radius 1 is 1.25 bits per heavy atom. The standard InChI is InChI=1S/C20H27N7O/c1-14-18(15(2)27-19(23-14)6-9-21-27)4-5-20(28)24-16-12-22-26(13-16)17-7-10-25(3)11-8-17/h6,9,12-13,17H,4-5,7-8,10-11H2,1-3H3,(H,24,28). The number of aryl methyl sites for hydroxylation is 2. The van der Waals surface area contributed by atoms with Crippen molar-refractivity contribution >= 4 is 17.2 Å². The topological polar surface area (TPSA) is 80.4 Å². The minimum Gasteiger partial charge on any atom is -0.323 e. The lowest BCUT2D eigenvalue weighted by Gasteiger charge is -2.28. The highest BCUT2D eigenvalue weighted by Crippen LogP contribution is 2.22. The van der Waals surface area contributed by atoms with Crippen LogP contribution in [0.4, 0.5) is 5.69 Å². The van der Waals surface area contributed by atoms with Gasteiger partial charge in [-0.25, -0.2) is 9.50 Å². The molecule has 1 aliphatic rings. The first kappa shape index (κ1) is 18.6. The summed E-state index contributed by atoms with van der Waals surface area (Å²) >= 11 is 0. The Hall–Kier alpha value is -2.74. The second-order valence-corrected chi connectivity index (χ2v) is 7.65. The van der Waals surface area contributed by atoms with Gasteiger partial charge >= 0.3 is 0 Å². The van der Waals surface area contributed by atoms with Crippen molar-refractivity contribution in [3.05, 3.63) is 41.6 Å². The summed E-state index contributed by atoms with van der Waals surface area (Å²) in [6, 6.07) is 2.30. The van der Waals surface area contributed by atoms with Crippen molar-refractivity contribution < 1.29 is 4.79 Å². The van der Waals surface area contributed by atoms with Gasteiger partial charge < -0.3 is 10.2 Å². The Labute approximate surface area is 164 Å². The highest BCUT2D eigenvalue weighted by atomic mass is 16.1. The van der Waals surface area contributed by atoms with E-state index in [1.54, 1.807) is 12.4 Å². The molecular formula is C20H27N7O. The number of hydrogen-bond donors (Lipinski definition) is 1. The largest absolute Gasteiger partial charge is 0.323 e. The third-order valence-corrected chi connectivity index (χ3v) is 5.65. The van der Waals surface area contributed by atoms with E-state index in [4.69, 9.17) is 0 Å². The molecule has 3 aromatic heterocycles. The molecule has 3 aromatic rings. The van der Waals surface area contributed by atoms with Gasteiger partial charge in [0.1, 0.15) is 0 Å². The first-order valence-corrected chi connectivity index (χ1v) is 9.83. The number of amides is 1. The molecule has 28 heavy (non-hydrogen) atoms. The second kappa shape index (κ2) is 7.71. The molecular weight excluding hydrogens is 354 g/mol. The molecule has 0 unspecified atom stereocenters. The molecule has 1 aliphatic heterocycles. The Morgan fingerprint density at radius 3 is 2.82 bits per heavy atom. The van der Waals surface area contributed by atoms with Crippen molar-refractivity contribution in [2.24, 2.45) is 0 Å². The maximum atomic E-state index is 12.5. The van der Waals surface area contributed by atoms with E-state index < -0.39 is 0 Å². The summed E-state index contributed by atoms with van der Waals surface area (Å²) in [5.74, 6) is -0.0118. The van der Waals surface area contributed by atoms with Crippen molar-refractivity contribution in [2.45, 2.75) is 45.6 Å². The van der Waals surface area contributed by atoms with Gasteiger partial charge in [0.15, 0.2) is 5.65 Å². The van der Waals surface area contributed by atoms with Crippen molar-refractivity contribution in [2.75, 3.05) is 25.5 Å². The number of carbonyl (C=O) groups is 1. The van der Waals surface area contributed by atoms with Crippen LogP contribution in [-0.4, -0.2) is 55.3 Å². The molecule has 1 saturated heterocycles. The van der Waals surface area contributed by atoms with Crippen LogP contribution in [0.25, 0.3) is 5.65 Å². The van der Waals surface area contributed by atoms with Crippen LogP contribution in [0.5, 0.6) is 0 Å². The molecule has 1 fully saturated rings. The molecule has 4 rings (SSSR count). The number of carbonyl (C=O) groups excluding carboxylic acids is 1. The zero-order valence-corrected chi connectivity index (χ0v) is 16.7. The molecule has 0 aromatic carbocycles. The molecule has 4 heterocycles. The molecule has 8 heteroatoms. The molecule has 148 valence electrons. The van der Waals surface area contributed by atoms with Gasteiger partial charge in [0, 0.05) is 30.1 Å². The third kappa shape index (κ3) is 3.77. The van der Waals surface area contributed by atoms with Crippen LogP contribution in [0.3, 0.4) is 0 Å². The maximum absolute atomic E-state index is 12.5. The van der Waals surface area contributed by atoms with E-state index in [0.29, 0.717) is 18.9 Å². The van der Waals surface area contributed by atoms with Gasteiger partial charge in [-0.15, -0.1) is 0 Å². The van der Waals surface area contributed by atoms with Gasteiger partial charge in [-0.3, -0.25) is 9.48 Å². The third-order valence-electron chi connectivity index (χ3n) is 5.65. The number of fused-ring (bicyclic) bond motifs is 1. The van der Waals surface area contributed by atoms with Crippen molar-refractivity contribution in [1.82, 2.24) is 29.3 Å². The number of rotatable bonds is 5. The normalized spacial score (nSPS) is 16.0. The monoisotopic (exact) mass is 381 g/mol. The van der Waals surface area contributed by atoms with Gasteiger partial charge in [0.05, 0.1) is 24.1 Å². The van der Waals surface area contributed by atoms with E-state index in [1.165, 1.54) is 0 Å². The van der Waals surface area contributed by atoms with Gasteiger partial charge in [0.2, 0.25) is 5.91 Å². The summed E-state index contributed by atoms with van der Waals surface area (Å²) < 4.78 is 3.82. The van der Waals surface area contributed by atoms with E-state index in [9.17, 15) is 4.79 Å². The molecule has 0 saturated carbocycles. The first-order valence-electron chi connectivity index (χ1n) is 9.83. The van der Waals surface area contributed by atoms with Crippen LogP contribution >= 0.6 is 0 Å². The Balaban J connectivity index is 1.36. The first-order chi connectivity index (χ1) is 13.5. The lowest BCUT2D eigenvalue weighted by Crippen LogP contribution is -2.31. The Kier molecular flexibility index (Phi) is 5.13. The summed E-state index contributed by atoms with van der Waals surface area (Å²) in [5.41, 5.74) is 4.67. The number of nitrogens with zero attached hydrogens (tertiary/aromatic N) is 6. The second-order valence-electron chi connectivity index (χ2n) is 7.65. The van der Waals surface area contributed by atoms with E-state index >= 15 is 0 Å². The fraction of sp³-hybridized carbons (Fsp3) is 0.500. The maximum Gasteiger partial charge on any atom is 0.224 e. The molecule has 0 aliphatic carbocycles. The number of anilines is 1. The van der Waals surface area contributed by atoms with Crippen LogP contribution in [-0.2, 0) is 11.2 Å². The summed E-state index contributed by atoms with van der Waals surface area (Å²) in [4.78, 5) is 19.4. The van der Waals surface area contributed by atoms with Gasteiger partial charge in [-0.05, 0) is 58.8 Å². The van der Waals surface area contributed by atoms with Gasteiger partial charge in [0.25, 0.3) is 0 Å². The van der Waals surface area contributed by atoms with Crippen molar-refractivity contribution in [1.29, 1.82) is 0 Å². The zero-order chi connectivity index (χ0) is 19.7. The van der Waals surface area contributed by atoms with Crippen LogP contribution in [0.15, 0.2) is 24.7 Å². The smallest absolute Gasteiger partial charge is 0.224 e. The van der Waals surface area contributed by atoms with E-state index in [2.05, 4.69) is 32.4 Å². The quantitative estimate of drug-likeness (QED) is 0.734. The van der Waals surface area contributed by atoms with Crippen LogP contribution in [0.1, 0.15) is 42.3 Å². The van der Waals surface area contributed by atoms with Crippen LogP contribution in [0.2, 0.25) is 0 Å². The highest BCUT2D eigenvalue weighted by molar-refractivity contribution is 5.90. The minimum absolute atomic E-state index is 0.0118. The SMILES string of the molecule is Cc1nc2ccnn2c(C)c1CCC(=O)Nc1cnn(C2CCN(C)CC2)c1. The molecule has 8 nitrogen and oxygen atoms in total. The van der Waals surface area contributed by atoms with E-state index in [0.717, 1.165) is 54.2 Å². The molecule has 0 bridgehead atoms. The molecule has 0 atom stereocenters. The number of likely N-dealkylation sites (tertiary alicyclic amines) is 1.